The average Bonchev–Trinajstić information content (AvgIpc) is 2.28. The van der Waals surface area contributed by atoms with Gasteiger partial charge in [-0.15, -0.1) is 0 Å². The number of hydrogen-bond donors (Lipinski definition) is 1. The van der Waals surface area contributed by atoms with Crippen molar-refractivity contribution in [2.75, 3.05) is 6.61 Å². The van der Waals surface area contributed by atoms with E-state index < -0.39 is 0 Å². The molecule has 0 aliphatic rings. The molecule has 0 fully saturated rings. The second kappa shape index (κ2) is 6.98. The van der Waals surface area contributed by atoms with E-state index in [1.165, 1.54) is 0 Å². The molecule has 0 bridgehead atoms. The fraction of sp³-hybridized carbons (Fsp3) is 0.467. The van der Waals surface area contributed by atoms with Crippen LogP contribution in [-0.4, -0.2) is 17.8 Å². The van der Waals surface area contributed by atoms with Gasteiger partial charge in [-0.2, -0.15) is 0 Å². The molecule has 0 spiro atoms. The standard InChI is InChI=1S/C15H20O2/c1-4-6-13(3)17-15-9-8-14(7-5-10-16)12(2)11-15/h8-9,11,13,16H,4,6,10H2,1-3H3. The molecule has 1 atom stereocenters. The van der Waals surface area contributed by atoms with E-state index in [1.54, 1.807) is 0 Å². The third kappa shape index (κ3) is 4.50. The topological polar surface area (TPSA) is 29.5 Å². The summed E-state index contributed by atoms with van der Waals surface area (Å²) in [5, 5.41) is 8.65. The van der Waals surface area contributed by atoms with E-state index in [-0.39, 0.29) is 12.7 Å². The van der Waals surface area contributed by atoms with Gasteiger partial charge in [-0.25, -0.2) is 0 Å². The third-order valence-corrected chi connectivity index (χ3v) is 2.53. The molecule has 0 amide bonds. The number of hydrogen-bond acceptors (Lipinski definition) is 2. The van der Waals surface area contributed by atoms with E-state index in [4.69, 9.17) is 9.84 Å². The van der Waals surface area contributed by atoms with Gasteiger partial charge in [0.1, 0.15) is 12.4 Å². The molecule has 0 heterocycles. The summed E-state index contributed by atoms with van der Waals surface area (Å²) < 4.78 is 5.80. The molecule has 17 heavy (non-hydrogen) atoms. The van der Waals surface area contributed by atoms with Crippen LogP contribution in [0, 0.1) is 18.8 Å². The molecule has 92 valence electrons. The predicted molar refractivity (Wildman–Crippen MR) is 70.1 cm³/mol. The Kier molecular flexibility index (Phi) is 5.59. The summed E-state index contributed by atoms with van der Waals surface area (Å²) in [6, 6.07) is 5.86. The third-order valence-electron chi connectivity index (χ3n) is 2.53. The Balaban J connectivity index is 2.75. The van der Waals surface area contributed by atoms with Crippen LogP contribution in [0.25, 0.3) is 0 Å². The van der Waals surface area contributed by atoms with Crippen LogP contribution in [0.3, 0.4) is 0 Å². The van der Waals surface area contributed by atoms with Crippen LogP contribution < -0.4 is 4.74 Å². The maximum Gasteiger partial charge on any atom is 0.120 e. The zero-order valence-corrected chi connectivity index (χ0v) is 10.8. The van der Waals surface area contributed by atoms with E-state index in [2.05, 4.69) is 25.7 Å². The SMILES string of the molecule is CCCC(C)Oc1ccc(C#CCO)c(C)c1. The molecule has 0 saturated carbocycles. The van der Waals surface area contributed by atoms with Crippen molar-refractivity contribution in [2.45, 2.75) is 39.7 Å². The second-order valence-corrected chi connectivity index (χ2v) is 4.15. The first kappa shape index (κ1) is 13.6. The van der Waals surface area contributed by atoms with Gasteiger partial charge in [0.05, 0.1) is 6.10 Å². The lowest BCUT2D eigenvalue weighted by molar-refractivity contribution is 0.210. The van der Waals surface area contributed by atoms with Gasteiger partial charge in [0.15, 0.2) is 0 Å². The van der Waals surface area contributed by atoms with Crippen LogP contribution >= 0.6 is 0 Å². The molecule has 0 aliphatic heterocycles. The molecule has 0 saturated heterocycles. The van der Waals surface area contributed by atoms with Crippen molar-refractivity contribution in [3.05, 3.63) is 29.3 Å². The minimum atomic E-state index is -0.106. The van der Waals surface area contributed by atoms with Gasteiger partial charge in [0.2, 0.25) is 0 Å². The summed E-state index contributed by atoms with van der Waals surface area (Å²) in [6.07, 6.45) is 2.43. The summed E-state index contributed by atoms with van der Waals surface area (Å²) in [4.78, 5) is 0. The van der Waals surface area contributed by atoms with Gasteiger partial charge in [0.25, 0.3) is 0 Å². The quantitative estimate of drug-likeness (QED) is 0.809. The highest BCUT2D eigenvalue weighted by atomic mass is 16.5. The molecule has 2 heteroatoms. The molecule has 0 radical (unpaired) electrons. The van der Waals surface area contributed by atoms with E-state index in [0.29, 0.717) is 0 Å². The molecular weight excluding hydrogens is 212 g/mol. The van der Waals surface area contributed by atoms with Crippen molar-refractivity contribution < 1.29 is 9.84 Å². The summed E-state index contributed by atoms with van der Waals surface area (Å²) >= 11 is 0. The smallest absolute Gasteiger partial charge is 0.120 e. The molecule has 2 nitrogen and oxygen atoms in total. The Morgan fingerprint density at radius 3 is 2.76 bits per heavy atom. The number of rotatable bonds is 4. The van der Waals surface area contributed by atoms with Crippen LogP contribution in [0.5, 0.6) is 5.75 Å². The van der Waals surface area contributed by atoms with Crippen LogP contribution in [0.15, 0.2) is 18.2 Å². The summed E-state index contributed by atoms with van der Waals surface area (Å²) in [5.41, 5.74) is 2.02. The number of aryl methyl sites for hydroxylation is 1. The Hall–Kier alpha value is -1.46. The summed E-state index contributed by atoms with van der Waals surface area (Å²) in [5.74, 6) is 6.45. The first-order chi connectivity index (χ1) is 8.17. The van der Waals surface area contributed by atoms with Gasteiger partial charge in [0, 0.05) is 5.56 Å². The number of benzene rings is 1. The molecule has 1 rings (SSSR count). The van der Waals surface area contributed by atoms with Gasteiger partial charge < -0.3 is 9.84 Å². The zero-order chi connectivity index (χ0) is 12.7. The van der Waals surface area contributed by atoms with Crippen molar-refractivity contribution in [3.8, 4) is 17.6 Å². The molecule has 1 aromatic carbocycles. The van der Waals surface area contributed by atoms with Crippen LogP contribution in [0.4, 0.5) is 0 Å². The Bertz CT molecular complexity index is 413. The lowest BCUT2D eigenvalue weighted by Crippen LogP contribution is -2.11. The van der Waals surface area contributed by atoms with E-state index >= 15 is 0 Å². The molecule has 1 aromatic rings. The fourth-order valence-electron chi connectivity index (χ4n) is 1.68. The van der Waals surface area contributed by atoms with Gasteiger partial charge in [-0.1, -0.05) is 25.2 Å². The van der Waals surface area contributed by atoms with E-state index in [0.717, 1.165) is 29.7 Å². The molecular formula is C15H20O2. The predicted octanol–water partition coefficient (Wildman–Crippen LogP) is 2.91. The number of aliphatic hydroxyl groups excluding tert-OH is 1. The molecule has 1 unspecified atom stereocenters. The largest absolute Gasteiger partial charge is 0.491 e. The maximum atomic E-state index is 8.65. The van der Waals surface area contributed by atoms with Gasteiger partial charge >= 0.3 is 0 Å². The molecule has 0 aliphatic carbocycles. The number of ether oxygens (including phenoxy) is 1. The Labute approximate surface area is 104 Å². The highest BCUT2D eigenvalue weighted by molar-refractivity contribution is 5.44. The first-order valence-corrected chi connectivity index (χ1v) is 6.04. The second-order valence-electron chi connectivity index (χ2n) is 4.15. The normalized spacial score (nSPS) is 11.5. The van der Waals surface area contributed by atoms with Crippen molar-refractivity contribution in [1.29, 1.82) is 0 Å². The highest BCUT2D eigenvalue weighted by Gasteiger charge is 2.04. The van der Waals surface area contributed by atoms with Crippen LogP contribution in [0.1, 0.15) is 37.8 Å². The molecule has 1 N–H and O–H groups in total. The highest BCUT2D eigenvalue weighted by Crippen LogP contribution is 2.18. The van der Waals surface area contributed by atoms with Crippen molar-refractivity contribution in [3.63, 3.8) is 0 Å². The number of aliphatic hydroxyl groups is 1. The first-order valence-electron chi connectivity index (χ1n) is 6.04. The van der Waals surface area contributed by atoms with Crippen LogP contribution in [-0.2, 0) is 0 Å². The van der Waals surface area contributed by atoms with Gasteiger partial charge in [-0.05, 0) is 44.0 Å². The van der Waals surface area contributed by atoms with E-state index in [9.17, 15) is 0 Å². The zero-order valence-electron chi connectivity index (χ0n) is 10.8. The molecule has 0 aromatic heterocycles. The summed E-state index contributed by atoms with van der Waals surface area (Å²) in [7, 11) is 0. The minimum Gasteiger partial charge on any atom is -0.491 e. The van der Waals surface area contributed by atoms with Crippen molar-refractivity contribution in [1.82, 2.24) is 0 Å². The monoisotopic (exact) mass is 232 g/mol. The van der Waals surface area contributed by atoms with Crippen molar-refractivity contribution >= 4 is 0 Å². The van der Waals surface area contributed by atoms with Crippen molar-refractivity contribution in [2.24, 2.45) is 0 Å². The van der Waals surface area contributed by atoms with Gasteiger partial charge in [-0.3, -0.25) is 0 Å². The lowest BCUT2D eigenvalue weighted by atomic mass is 10.1. The van der Waals surface area contributed by atoms with Crippen LogP contribution in [0.2, 0.25) is 0 Å². The fourth-order valence-corrected chi connectivity index (χ4v) is 1.68. The Morgan fingerprint density at radius 1 is 1.41 bits per heavy atom. The minimum absolute atomic E-state index is 0.106. The lowest BCUT2D eigenvalue weighted by Gasteiger charge is -2.14. The summed E-state index contributed by atoms with van der Waals surface area (Å²) in [6.45, 7) is 6.13. The Morgan fingerprint density at radius 2 is 2.18 bits per heavy atom. The maximum absolute atomic E-state index is 8.65. The average molecular weight is 232 g/mol. The van der Waals surface area contributed by atoms with E-state index in [1.807, 2.05) is 25.1 Å².